The van der Waals surface area contributed by atoms with E-state index < -0.39 is 12.0 Å². The van der Waals surface area contributed by atoms with Crippen LogP contribution in [0.1, 0.15) is 31.4 Å². The number of methoxy groups -OCH3 is 1. The Morgan fingerprint density at radius 2 is 2.00 bits per heavy atom. The molecule has 0 bridgehead atoms. The van der Waals surface area contributed by atoms with Crippen LogP contribution in [0.5, 0.6) is 5.88 Å². The number of hydrogen-bond acceptors (Lipinski definition) is 8. The number of carbonyl (C=O) groups is 1. The molecule has 0 atom stereocenters. The van der Waals surface area contributed by atoms with E-state index in [1.165, 1.54) is 23.3 Å². The number of ether oxygens (including phenoxy) is 2. The second-order valence-electron chi connectivity index (χ2n) is 8.01. The van der Waals surface area contributed by atoms with Crippen molar-refractivity contribution in [3.63, 3.8) is 0 Å². The highest BCUT2D eigenvalue weighted by Gasteiger charge is 2.36. The SMILES string of the molecule is Bc1c(NC2CCC(F)(F)CC2)nc(-c2nc(C)cs2)nc1OC1CN(C(=O)OC)C1. The van der Waals surface area contributed by atoms with Crippen molar-refractivity contribution in [2.24, 2.45) is 0 Å². The zero-order valence-electron chi connectivity index (χ0n) is 17.7. The highest BCUT2D eigenvalue weighted by molar-refractivity contribution is 7.13. The fraction of sp³-hybridized carbons (Fsp3) is 0.579. The molecule has 0 aromatic carbocycles. The van der Waals surface area contributed by atoms with Gasteiger partial charge in [0, 0.05) is 35.4 Å². The number of hydrogen-bond donors (Lipinski definition) is 1. The first-order chi connectivity index (χ1) is 14.7. The standard InChI is InChI=1S/C19H24BF2N5O3S/c1-10-9-31-17(23-10)15-25-14(24-11-3-5-19(21,22)6-4-11)13(20)16(26-15)30-12-7-27(8-12)18(28)29-2/h9,11-12H,3-8,20H2,1-2H3,(H,24,25,26). The number of aryl methyl sites for hydroxylation is 1. The number of nitrogens with one attached hydrogen (secondary N) is 1. The molecule has 1 aliphatic heterocycles. The van der Waals surface area contributed by atoms with Gasteiger partial charge in [-0.2, -0.15) is 4.98 Å². The van der Waals surface area contributed by atoms with Crippen LogP contribution in [-0.2, 0) is 4.74 Å². The van der Waals surface area contributed by atoms with Gasteiger partial charge in [-0.15, -0.1) is 11.3 Å². The number of aromatic nitrogens is 3. The van der Waals surface area contributed by atoms with Crippen molar-refractivity contribution in [1.29, 1.82) is 0 Å². The highest BCUT2D eigenvalue weighted by Crippen LogP contribution is 2.34. The van der Waals surface area contributed by atoms with Crippen LogP contribution in [-0.4, -0.2) is 72.1 Å². The van der Waals surface area contributed by atoms with Crippen LogP contribution in [0.15, 0.2) is 5.38 Å². The van der Waals surface area contributed by atoms with Gasteiger partial charge < -0.3 is 19.7 Å². The van der Waals surface area contributed by atoms with Crippen LogP contribution in [0.4, 0.5) is 19.4 Å². The molecule has 8 nitrogen and oxygen atoms in total. The van der Waals surface area contributed by atoms with Crippen molar-refractivity contribution < 1.29 is 23.0 Å². The van der Waals surface area contributed by atoms with E-state index in [-0.39, 0.29) is 25.0 Å². The van der Waals surface area contributed by atoms with Gasteiger partial charge in [-0.3, -0.25) is 0 Å². The van der Waals surface area contributed by atoms with E-state index in [0.717, 1.165) is 5.69 Å². The van der Waals surface area contributed by atoms with Crippen molar-refractivity contribution in [3.8, 4) is 16.7 Å². The normalized spacial score (nSPS) is 19.0. The van der Waals surface area contributed by atoms with Crippen molar-refractivity contribution in [3.05, 3.63) is 11.1 Å². The van der Waals surface area contributed by atoms with Crippen LogP contribution in [0.25, 0.3) is 10.8 Å². The average Bonchev–Trinajstić information content (AvgIpc) is 3.14. The van der Waals surface area contributed by atoms with Gasteiger partial charge in [0.2, 0.25) is 11.8 Å². The number of rotatable bonds is 5. The minimum absolute atomic E-state index is 0.0922. The number of halogens is 2. The molecule has 0 radical (unpaired) electrons. The van der Waals surface area contributed by atoms with E-state index in [1.54, 1.807) is 0 Å². The highest BCUT2D eigenvalue weighted by atomic mass is 32.1. The van der Waals surface area contributed by atoms with E-state index in [9.17, 15) is 13.6 Å². The van der Waals surface area contributed by atoms with Crippen LogP contribution >= 0.6 is 11.3 Å². The van der Waals surface area contributed by atoms with Crippen LogP contribution in [0.2, 0.25) is 0 Å². The van der Waals surface area contributed by atoms with E-state index in [2.05, 4.69) is 20.3 Å². The maximum absolute atomic E-state index is 13.5. The van der Waals surface area contributed by atoms with Gasteiger partial charge in [-0.25, -0.2) is 23.5 Å². The Kier molecular flexibility index (Phi) is 6.00. The maximum atomic E-state index is 13.5. The molecule has 12 heteroatoms. The largest absolute Gasteiger partial charge is 0.471 e. The van der Waals surface area contributed by atoms with Gasteiger partial charge in [0.05, 0.1) is 20.2 Å². The number of nitrogens with zero attached hydrogens (tertiary/aromatic N) is 4. The third kappa shape index (κ3) is 4.89. The lowest BCUT2D eigenvalue weighted by Crippen LogP contribution is -2.56. The number of likely N-dealkylation sites (tertiary alicyclic amines) is 1. The molecule has 1 saturated heterocycles. The molecule has 0 spiro atoms. The zero-order chi connectivity index (χ0) is 22.2. The summed E-state index contributed by atoms with van der Waals surface area (Å²) in [4.78, 5) is 26.8. The molecule has 4 rings (SSSR count). The molecule has 1 N–H and O–H groups in total. The molecule has 2 aromatic heterocycles. The number of anilines is 1. The van der Waals surface area contributed by atoms with Crippen molar-refractivity contribution in [2.45, 2.75) is 50.7 Å². The van der Waals surface area contributed by atoms with Crippen molar-refractivity contribution in [1.82, 2.24) is 19.9 Å². The topological polar surface area (TPSA) is 89.5 Å². The summed E-state index contributed by atoms with van der Waals surface area (Å²) in [5.41, 5.74) is 1.56. The first-order valence-corrected chi connectivity index (χ1v) is 11.1. The average molecular weight is 451 g/mol. The molecule has 3 heterocycles. The fourth-order valence-corrected chi connectivity index (χ4v) is 4.36. The number of thiazole rings is 1. The van der Waals surface area contributed by atoms with Gasteiger partial charge in [0.1, 0.15) is 11.9 Å². The van der Waals surface area contributed by atoms with Crippen molar-refractivity contribution >= 4 is 36.6 Å². The minimum atomic E-state index is -2.59. The lowest BCUT2D eigenvalue weighted by Gasteiger charge is -2.37. The molecule has 1 aliphatic carbocycles. The predicted octanol–water partition coefficient (Wildman–Crippen LogP) is 1.99. The van der Waals surface area contributed by atoms with Crippen LogP contribution in [0, 0.1) is 6.92 Å². The summed E-state index contributed by atoms with van der Waals surface area (Å²) < 4.78 is 37.8. The molecule has 2 aromatic rings. The Balaban J connectivity index is 1.55. The lowest BCUT2D eigenvalue weighted by molar-refractivity contribution is -0.0361. The van der Waals surface area contributed by atoms with E-state index in [0.29, 0.717) is 53.9 Å². The van der Waals surface area contributed by atoms with Gasteiger partial charge in [0.25, 0.3) is 0 Å². The van der Waals surface area contributed by atoms with Gasteiger partial charge in [-0.1, -0.05) is 0 Å². The molecule has 166 valence electrons. The number of alkyl halides is 2. The third-order valence-corrected chi connectivity index (χ3v) is 6.48. The summed E-state index contributed by atoms with van der Waals surface area (Å²) in [6, 6.07) is -0.0922. The second kappa shape index (κ2) is 8.56. The van der Waals surface area contributed by atoms with Gasteiger partial charge in [0.15, 0.2) is 18.7 Å². The van der Waals surface area contributed by atoms with Crippen molar-refractivity contribution in [2.75, 3.05) is 25.5 Å². The Labute approximate surface area is 183 Å². The minimum Gasteiger partial charge on any atom is -0.471 e. The number of carbonyl (C=O) groups excluding carboxylic acids is 1. The zero-order valence-corrected chi connectivity index (χ0v) is 18.5. The van der Waals surface area contributed by atoms with Gasteiger partial charge >= 0.3 is 6.09 Å². The van der Waals surface area contributed by atoms with Gasteiger partial charge in [-0.05, 0) is 19.8 Å². The summed E-state index contributed by atoms with van der Waals surface area (Å²) in [5, 5.41) is 5.89. The Bertz CT molecular complexity index is 960. The summed E-state index contributed by atoms with van der Waals surface area (Å²) in [5.74, 6) is -1.21. The second-order valence-corrected chi connectivity index (χ2v) is 8.87. The third-order valence-electron chi connectivity index (χ3n) is 5.53. The molecular formula is C19H24BF2N5O3S. The quantitative estimate of drug-likeness (QED) is 0.696. The molecule has 2 aliphatic rings. The summed E-state index contributed by atoms with van der Waals surface area (Å²) in [6.07, 6.45) is -0.136. The monoisotopic (exact) mass is 451 g/mol. The predicted molar refractivity (Wildman–Crippen MR) is 115 cm³/mol. The maximum Gasteiger partial charge on any atom is 0.409 e. The lowest BCUT2D eigenvalue weighted by atomic mass is 9.91. The smallest absolute Gasteiger partial charge is 0.409 e. The summed E-state index contributed by atoms with van der Waals surface area (Å²) in [7, 11) is 3.18. The fourth-order valence-electron chi connectivity index (χ4n) is 3.63. The number of amides is 1. The Morgan fingerprint density at radius 3 is 2.61 bits per heavy atom. The van der Waals surface area contributed by atoms with Crippen LogP contribution in [0.3, 0.4) is 0 Å². The van der Waals surface area contributed by atoms with Crippen LogP contribution < -0.4 is 15.5 Å². The molecule has 2 fully saturated rings. The van der Waals surface area contributed by atoms with E-state index >= 15 is 0 Å². The summed E-state index contributed by atoms with van der Waals surface area (Å²) in [6.45, 7) is 2.70. The summed E-state index contributed by atoms with van der Waals surface area (Å²) >= 11 is 1.43. The molecular weight excluding hydrogens is 427 g/mol. The van der Waals surface area contributed by atoms with E-state index in [4.69, 9.17) is 9.47 Å². The molecule has 1 saturated carbocycles. The molecule has 1 amide bonds. The first-order valence-electron chi connectivity index (χ1n) is 10.2. The molecule has 31 heavy (non-hydrogen) atoms. The Hall–Kier alpha value is -2.50. The Morgan fingerprint density at radius 1 is 1.29 bits per heavy atom. The first kappa shape index (κ1) is 21.7. The van der Waals surface area contributed by atoms with E-state index in [1.807, 2.05) is 20.2 Å². The molecule has 0 unspecified atom stereocenters.